The van der Waals surface area contributed by atoms with Crippen LogP contribution in [0.4, 0.5) is 5.00 Å². The molecule has 3 rings (SSSR count). The van der Waals surface area contributed by atoms with Crippen molar-refractivity contribution in [3.8, 4) is 6.07 Å². The minimum atomic E-state index is 0.0160. The Balaban J connectivity index is 2.04. The molecule has 2 aromatic rings. The lowest BCUT2D eigenvalue weighted by atomic mass is 9.77. The monoisotopic (exact) mass is 326 g/mol. The number of thiophene rings is 2. The number of allylic oxidation sites excluding steroid dienone is 2. The first-order chi connectivity index (χ1) is 10.4. The first kappa shape index (κ1) is 15.1. The van der Waals surface area contributed by atoms with Gasteiger partial charge in [0.05, 0.1) is 5.56 Å². The number of hydrogen-bond donors (Lipinski definition) is 1. The largest absolute Gasteiger partial charge is 0.389 e. The Hall–Kier alpha value is -1.83. The van der Waals surface area contributed by atoms with Crippen LogP contribution < -0.4 is 5.73 Å². The number of nitrogens with two attached hydrogens (primary N) is 1. The molecule has 0 atom stereocenters. The second kappa shape index (κ2) is 5.42. The highest BCUT2D eigenvalue weighted by Crippen LogP contribution is 2.46. The van der Waals surface area contributed by atoms with Gasteiger partial charge in [-0.05, 0) is 48.1 Å². The molecular weight excluding hydrogens is 308 g/mol. The van der Waals surface area contributed by atoms with Gasteiger partial charge in [0, 0.05) is 20.7 Å². The van der Waals surface area contributed by atoms with Crippen LogP contribution in [0.2, 0.25) is 0 Å². The van der Waals surface area contributed by atoms with Crippen molar-refractivity contribution in [2.45, 2.75) is 32.6 Å². The number of nitrogen functional groups attached to an aromatic ring is 1. The molecule has 0 radical (unpaired) electrons. The van der Waals surface area contributed by atoms with Gasteiger partial charge in [0.15, 0.2) is 0 Å². The van der Waals surface area contributed by atoms with Gasteiger partial charge in [0.25, 0.3) is 0 Å². The van der Waals surface area contributed by atoms with E-state index in [-0.39, 0.29) is 5.41 Å². The Morgan fingerprint density at radius 3 is 2.77 bits per heavy atom. The van der Waals surface area contributed by atoms with Crippen molar-refractivity contribution in [2.75, 3.05) is 5.73 Å². The lowest BCUT2D eigenvalue weighted by Gasteiger charge is -2.29. The predicted molar refractivity (Wildman–Crippen MR) is 97.2 cm³/mol. The predicted octanol–water partition coefficient (Wildman–Crippen LogP) is 5.35. The molecule has 0 saturated carbocycles. The van der Waals surface area contributed by atoms with Gasteiger partial charge in [0.2, 0.25) is 0 Å². The van der Waals surface area contributed by atoms with Crippen LogP contribution in [0, 0.1) is 18.3 Å². The van der Waals surface area contributed by atoms with Crippen molar-refractivity contribution in [1.29, 1.82) is 5.26 Å². The van der Waals surface area contributed by atoms with E-state index in [1.54, 1.807) is 22.7 Å². The summed E-state index contributed by atoms with van der Waals surface area (Å²) < 4.78 is 0. The minimum absolute atomic E-state index is 0.0160. The lowest BCUT2D eigenvalue weighted by Crippen LogP contribution is -2.20. The molecule has 0 unspecified atom stereocenters. The molecule has 0 spiro atoms. The van der Waals surface area contributed by atoms with Crippen LogP contribution in [-0.4, -0.2) is 0 Å². The Kier molecular flexibility index (Phi) is 3.72. The van der Waals surface area contributed by atoms with E-state index in [9.17, 15) is 5.26 Å². The average molecular weight is 326 g/mol. The number of hydrogen-bond acceptors (Lipinski definition) is 4. The summed E-state index contributed by atoms with van der Waals surface area (Å²) in [5.74, 6) is 0. The number of aryl methyl sites for hydroxylation is 1. The van der Waals surface area contributed by atoms with Crippen LogP contribution in [0.1, 0.15) is 46.7 Å². The summed E-state index contributed by atoms with van der Waals surface area (Å²) in [4.78, 5) is 2.51. The van der Waals surface area contributed by atoms with E-state index in [1.807, 2.05) is 0 Å². The van der Waals surface area contributed by atoms with E-state index in [0.29, 0.717) is 10.6 Å². The Morgan fingerprint density at radius 1 is 1.36 bits per heavy atom. The number of rotatable bonds is 2. The second-order valence-corrected chi connectivity index (χ2v) is 8.28. The molecule has 1 aliphatic carbocycles. The Bertz CT molecular complexity index is 826. The fraction of sp³-hybridized carbons (Fsp3) is 0.278. The number of nitriles is 1. The van der Waals surface area contributed by atoms with E-state index in [1.165, 1.54) is 20.9 Å². The van der Waals surface area contributed by atoms with Crippen LogP contribution in [0.15, 0.2) is 23.1 Å². The summed E-state index contributed by atoms with van der Waals surface area (Å²) in [5, 5.41) is 12.1. The van der Waals surface area contributed by atoms with E-state index >= 15 is 0 Å². The van der Waals surface area contributed by atoms with Crippen LogP contribution in [0.5, 0.6) is 0 Å². The van der Waals surface area contributed by atoms with Gasteiger partial charge in [-0.1, -0.05) is 19.9 Å². The molecule has 0 fully saturated rings. The molecular formula is C18H18N2S2. The number of nitrogens with zero attached hydrogens (tertiary/aromatic N) is 1. The number of fused-ring (bicyclic) bond motifs is 1. The number of anilines is 1. The highest BCUT2D eigenvalue weighted by molar-refractivity contribution is 7.16. The van der Waals surface area contributed by atoms with Crippen LogP contribution >= 0.6 is 22.7 Å². The summed E-state index contributed by atoms with van der Waals surface area (Å²) in [6, 6.07) is 4.39. The van der Waals surface area contributed by atoms with Crippen molar-refractivity contribution < 1.29 is 0 Å². The van der Waals surface area contributed by atoms with Crippen molar-refractivity contribution in [3.05, 3.63) is 49.5 Å². The third kappa shape index (κ3) is 2.51. The van der Waals surface area contributed by atoms with E-state index in [0.717, 1.165) is 12.0 Å². The zero-order valence-electron chi connectivity index (χ0n) is 12.9. The summed E-state index contributed by atoms with van der Waals surface area (Å²) in [6.07, 6.45) is 7.45. The molecule has 2 N–H and O–H groups in total. The molecule has 0 saturated heterocycles. The van der Waals surface area contributed by atoms with Crippen molar-refractivity contribution in [2.24, 2.45) is 0 Å². The molecule has 112 valence electrons. The molecule has 2 nitrogen and oxygen atoms in total. The van der Waals surface area contributed by atoms with Crippen LogP contribution in [-0.2, 0) is 5.41 Å². The van der Waals surface area contributed by atoms with Gasteiger partial charge in [0.1, 0.15) is 11.1 Å². The molecule has 0 amide bonds. The fourth-order valence-electron chi connectivity index (χ4n) is 2.89. The summed E-state index contributed by atoms with van der Waals surface area (Å²) >= 11 is 3.31. The van der Waals surface area contributed by atoms with Crippen LogP contribution in [0.3, 0.4) is 0 Å². The Labute approximate surface area is 139 Å². The van der Waals surface area contributed by atoms with Gasteiger partial charge in [-0.25, -0.2) is 0 Å². The smallest absolute Gasteiger partial charge is 0.105 e. The first-order valence-corrected chi connectivity index (χ1v) is 8.87. The third-order valence-electron chi connectivity index (χ3n) is 4.03. The molecule has 2 aromatic heterocycles. The highest BCUT2D eigenvalue weighted by atomic mass is 32.1. The second-order valence-electron chi connectivity index (χ2n) is 6.28. The topological polar surface area (TPSA) is 49.8 Å². The molecule has 22 heavy (non-hydrogen) atoms. The molecule has 1 aliphatic rings. The van der Waals surface area contributed by atoms with Gasteiger partial charge in [-0.2, -0.15) is 5.26 Å². The summed E-state index contributed by atoms with van der Waals surface area (Å²) in [7, 11) is 0. The van der Waals surface area contributed by atoms with Gasteiger partial charge in [-0.3, -0.25) is 0 Å². The highest BCUT2D eigenvalue weighted by Gasteiger charge is 2.32. The van der Waals surface area contributed by atoms with Gasteiger partial charge in [-0.15, -0.1) is 22.7 Å². The lowest BCUT2D eigenvalue weighted by molar-refractivity contribution is 0.531. The SMILES string of the molecule is Cc1ccsc1C=CC1=Cc2c(sc(N)c2C#N)C(C)(C)C1. The third-order valence-corrected chi connectivity index (χ3v) is 6.41. The quantitative estimate of drug-likeness (QED) is 0.808. The molecule has 0 aromatic carbocycles. The summed E-state index contributed by atoms with van der Waals surface area (Å²) in [5.41, 5.74) is 10.2. The zero-order valence-corrected chi connectivity index (χ0v) is 14.6. The maximum Gasteiger partial charge on any atom is 0.105 e. The van der Waals surface area contributed by atoms with E-state index in [4.69, 9.17) is 5.73 Å². The Morgan fingerprint density at radius 2 is 2.14 bits per heavy atom. The van der Waals surface area contributed by atoms with Gasteiger partial charge >= 0.3 is 0 Å². The first-order valence-electron chi connectivity index (χ1n) is 7.18. The normalized spacial score (nSPS) is 16.4. The van der Waals surface area contributed by atoms with Crippen LogP contribution in [0.25, 0.3) is 12.2 Å². The minimum Gasteiger partial charge on any atom is -0.389 e. The maximum atomic E-state index is 9.37. The van der Waals surface area contributed by atoms with E-state index < -0.39 is 0 Å². The zero-order chi connectivity index (χ0) is 15.9. The molecule has 2 heterocycles. The van der Waals surface area contributed by atoms with Crippen molar-refractivity contribution in [3.63, 3.8) is 0 Å². The maximum absolute atomic E-state index is 9.37. The van der Waals surface area contributed by atoms with E-state index in [2.05, 4.69) is 56.5 Å². The molecule has 0 bridgehead atoms. The fourth-order valence-corrected chi connectivity index (χ4v) is 4.81. The van der Waals surface area contributed by atoms with Gasteiger partial charge < -0.3 is 5.73 Å². The average Bonchev–Trinajstić information content (AvgIpc) is 2.99. The summed E-state index contributed by atoms with van der Waals surface area (Å²) in [6.45, 7) is 6.57. The molecule has 4 heteroatoms. The van der Waals surface area contributed by atoms with Crippen molar-refractivity contribution in [1.82, 2.24) is 0 Å². The standard InChI is InChI=1S/C18H18N2S2/c1-11-6-7-21-15(11)5-4-12-8-13-14(10-19)17(20)22-16(13)18(2,3)9-12/h4-8H,9,20H2,1-3H3. The van der Waals surface area contributed by atoms with Crippen molar-refractivity contribution >= 4 is 39.8 Å². The molecule has 0 aliphatic heterocycles.